The van der Waals surface area contributed by atoms with Crippen LogP contribution in [0.3, 0.4) is 0 Å². The van der Waals surface area contributed by atoms with Gasteiger partial charge in [0.15, 0.2) is 0 Å². The normalized spacial score (nSPS) is 15.6. The molecule has 2 heterocycles. The van der Waals surface area contributed by atoms with Gasteiger partial charge in [-0.2, -0.15) is 5.10 Å². The largest absolute Gasteiger partial charge is 0.448 e. The summed E-state index contributed by atoms with van der Waals surface area (Å²) in [7, 11) is 0. The molecule has 1 saturated heterocycles. The number of benzene rings is 4. The smallest absolute Gasteiger partial charge is 0.410 e. The second kappa shape index (κ2) is 11.8. The molecule has 47 heavy (non-hydrogen) atoms. The lowest BCUT2D eigenvalue weighted by molar-refractivity contribution is 0.0367. The van der Waals surface area contributed by atoms with Crippen molar-refractivity contribution in [3.63, 3.8) is 0 Å². The summed E-state index contributed by atoms with van der Waals surface area (Å²) >= 11 is 0. The number of H-pyrrole nitrogens is 1. The van der Waals surface area contributed by atoms with Gasteiger partial charge in [-0.05, 0) is 58.9 Å². The Morgan fingerprint density at radius 1 is 0.894 bits per heavy atom. The molecule has 2 amide bonds. The highest BCUT2D eigenvalue weighted by Gasteiger charge is 2.40. The number of nitrogens with one attached hydrogen (secondary N) is 1. The molecule has 5 aromatic rings. The third-order valence-electron chi connectivity index (χ3n) is 9.67. The maximum atomic E-state index is 14.9. The molecular formula is C38H33FN4O4. The van der Waals surface area contributed by atoms with E-state index in [4.69, 9.17) is 4.74 Å². The van der Waals surface area contributed by atoms with Crippen molar-refractivity contribution in [3.05, 3.63) is 135 Å². The maximum Gasteiger partial charge on any atom is 0.410 e. The van der Waals surface area contributed by atoms with Gasteiger partial charge in [-0.15, -0.1) is 0 Å². The van der Waals surface area contributed by atoms with E-state index in [2.05, 4.69) is 34.5 Å². The molecule has 1 N–H and O–H groups in total. The van der Waals surface area contributed by atoms with E-state index in [1.165, 1.54) is 28.3 Å². The number of amides is 2. The second-order valence-electron chi connectivity index (χ2n) is 12.8. The van der Waals surface area contributed by atoms with Gasteiger partial charge in [0.05, 0.1) is 16.6 Å². The molecule has 0 unspecified atom stereocenters. The van der Waals surface area contributed by atoms with Gasteiger partial charge in [0.1, 0.15) is 12.4 Å². The lowest BCUT2D eigenvalue weighted by Crippen LogP contribution is -2.55. The van der Waals surface area contributed by atoms with Gasteiger partial charge in [0.2, 0.25) is 0 Å². The number of aromatic amines is 1. The lowest BCUT2D eigenvalue weighted by Gasteiger charge is -2.41. The van der Waals surface area contributed by atoms with Crippen molar-refractivity contribution in [1.82, 2.24) is 20.0 Å². The lowest BCUT2D eigenvalue weighted by atomic mass is 9.96. The first-order valence-electron chi connectivity index (χ1n) is 16.1. The zero-order chi connectivity index (χ0) is 32.1. The van der Waals surface area contributed by atoms with Crippen molar-refractivity contribution in [2.24, 2.45) is 5.92 Å². The molecule has 1 saturated carbocycles. The number of hydrogen-bond acceptors (Lipinski definition) is 5. The molecule has 1 aromatic heterocycles. The van der Waals surface area contributed by atoms with Gasteiger partial charge < -0.3 is 14.5 Å². The summed E-state index contributed by atoms with van der Waals surface area (Å²) in [5.41, 5.74) is 5.81. The third kappa shape index (κ3) is 5.45. The quantitative estimate of drug-likeness (QED) is 0.223. The van der Waals surface area contributed by atoms with Crippen molar-refractivity contribution in [3.8, 4) is 11.1 Å². The zero-order valence-corrected chi connectivity index (χ0v) is 25.7. The van der Waals surface area contributed by atoms with E-state index >= 15 is 0 Å². The van der Waals surface area contributed by atoms with Gasteiger partial charge >= 0.3 is 6.09 Å². The highest BCUT2D eigenvalue weighted by Crippen LogP contribution is 2.44. The number of nitrogens with zero attached hydrogens (tertiary/aromatic N) is 3. The van der Waals surface area contributed by atoms with Crippen LogP contribution in [-0.2, 0) is 11.2 Å². The predicted octanol–water partition coefficient (Wildman–Crippen LogP) is 6.14. The van der Waals surface area contributed by atoms with Gasteiger partial charge in [0, 0.05) is 49.3 Å². The van der Waals surface area contributed by atoms with Crippen LogP contribution in [0.1, 0.15) is 51.5 Å². The van der Waals surface area contributed by atoms with Gasteiger partial charge in [-0.25, -0.2) is 14.3 Å². The van der Waals surface area contributed by atoms with Crippen molar-refractivity contribution in [1.29, 1.82) is 0 Å². The standard InChI is InChI=1S/C38H33FN4O4/c39-34-16-13-23(18-35-30-11-5-6-12-31(30)36(44)41-40-35)17-32(34)37(45)42-19-24(20-42)21-43(25-14-15-25)38(46)47-22-33-28-9-3-1-7-26(28)27-8-2-4-10-29(27)33/h1-13,16-17,24-25,33H,14-15,18-22H2,(H,41,44). The summed E-state index contributed by atoms with van der Waals surface area (Å²) < 4.78 is 20.9. The van der Waals surface area contributed by atoms with Crippen molar-refractivity contribution >= 4 is 22.8 Å². The van der Waals surface area contributed by atoms with Crippen molar-refractivity contribution in [2.75, 3.05) is 26.2 Å². The fraction of sp³-hybridized carbons (Fsp3) is 0.263. The number of ether oxygens (including phenoxy) is 1. The third-order valence-corrected chi connectivity index (χ3v) is 9.67. The number of carbonyl (C=O) groups excluding carboxylic acids is 2. The average molecular weight is 629 g/mol. The Morgan fingerprint density at radius 2 is 1.55 bits per heavy atom. The van der Waals surface area contributed by atoms with E-state index in [0.717, 1.165) is 18.2 Å². The molecule has 4 aromatic carbocycles. The number of carbonyl (C=O) groups is 2. The van der Waals surface area contributed by atoms with Crippen LogP contribution in [0, 0.1) is 11.7 Å². The van der Waals surface area contributed by atoms with Crippen LogP contribution in [0.25, 0.3) is 21.9 Å². The molecule has 236 valence electrons. The summed E-state index contributed by atoms with van der Waals surface area (Å²) in [5, 5.41) is 7.99. The Kier molecular flexibility index (Phi) is 7.31. The molecule has 3 aliphatic rings. The average Bonchev–Trinajstić information content (AvgIpc) is 3.87. The Bertz CT molecular complexity index is 2040. The topological polar surface area (TPSA) is 95.6 Å². The summed E-state index contributed by atoms with van der Waals surface area (Å²) in [4.78, 5) is 42.4. The van der Waals surface area contributed by atoms with Gasteiger partial charge in [-0.3, -0.25) is 9.59 Å². The molecule has 9 heteroatoms. The highest BCUT2D eigenvalue weighted by molar-refractivity contribution is 5.95. The van der Waals surface area contributed by atoms with Crippen LogP contribution < -0.4 is 5.56 Å². The van der Waals surface area contributed by atoms with Crippen molar-refractivity contribution < 1.29 is 18.7 Å². The van der Waals surface area contributed by atoms with E-state index in [0.29, 0.717) is 42.7 Å². The molecule has 1 aliphatic heterocycles. The first kappa shape index (κ1) is 29.1. The molecule has 2 fully saturated rings. The summed E-state index contributed by atoms with van der Waals surface area (Å²) in [6.45, 7) is 1.65. The fourth-order valence-electron chi connectivity index (χ4n) is 7.08. The molecule has 8 rings (SSSR count). The molecule has 0 spiro atoms. The summed E-state index contributed by atoms with van der Waals surface area (Å²) in [6, 6.07) is 28.4. The Morgan fingerprint density at radius 3 is 2.26 bits per heavy atom. The van der Waals surface area contributed by atoms with Crippen LogP contribution in [0.4, 0.5) is 9.18 Å². The monoisotopic (exact) mass is 628 g/mol. The van der Waals surface area contributed by atoms with Gasteiger partial charge in [0.25, 0.3) is 11.5 Å². The van der Waals surface area contributed by atoms with Crippen LogP contribution in [0.2, 0.25) is 0 Å². The van der Waals surface area contributed by atoms with Gasteiger partial charge in [-0.1, -0.05) is 72.8 Å². The van der Waals surface area contributed by atoms with Crippen LogP contribution in [-0.4, -0.2) is 64.3 Å². The summed E-state index contributed by atoms with van der Waals surface area (Å²) in [5.74, 6) is -0.879. The minimum absolute atomic E-state index is 0.00488. The zero-order valence-electron chi connectivity index (χ0n) is 25.7. The number of halogens is 1. The van der Waals surface area contributed by atoms with Crippen molar-refractivity contribution in [2.45, 2.75) is 31.2 Å². The first-order valence-corrected chi connectivity index (χ1v) is 16.1. The van der Waals surface area contributed by atoms with E-state index in [1.807, 2.05) is 41.3 Å². The SMILES string of the molecule is O=C(c1cc(Cc2n[nH]c(=O)c3ccccc23)ccc1F)N1CC(CN(C(=O)OCC2c3ccccc3-c3ccccc32)C2CC2)C1. The number of likely N-dealkylation sites (tertiary alicyclic amines) is 1. The van der Waals surface area contributed by atoms with E-state index in [1.54, 1.807) is 29.2 Å². The Balaban J connectivity index is 0.905. The van der Waals surface area contributed by atoms with Crippen LogP contribution in [0.5, 0.6) is 0 Å². The molecular weight excluding hydrogens is 595 g/mol. The Labute approximate surface area is 270 Å². The van der Waals surface area contributed by atoms with E-state index in [-0.39, 0.29) is 47.6 Å². The van der Waals surface area contributed by atoms with E-state index in [9.17, 15) is 18.8 Å². The number of hydrogen-bond donors (Lipinski definition) is 1. The second-order valence-corrected chi connectivity index (χ2v) is 12.8. The minimum atomic E-state index is -0.584. The number of aromatic nitrogens is 2. The molecule has 0 atom stereocenters. The first-order chi connectivity index (χ1) is 22.9. The fourth-order valence-corrected chi connectivity index (χ4v) is 7.08. The molecule has 0 bridgehead atoms. The molecule has 2 aliphatic carbocycles. The highest BCUT2D eigenvalue weighted by atomic mass is 19.1. The van der Waals surface area contributed by atoms with Crippen LogP contribution in [0.15, 0.2) is 95.8 Å². The minimum Gasteiger partial charge on any atom is -0.448 e. The predicted molar refractivity (Wildman–Crippen MR) is 176 cm³/mol. The van der Waals surface area contributed by atoms with Crippen LogP contribution >= 0.6 is 0 Å². The number of rotatable bonds is 8. The molecule has 8 nitrogen and oxygen atoms in total. The van der Waals surface area contributed by atoms with E-state index < -0.39 is 5.82 Å². The number of fused-ring (bicyclic) bond motifs is 4. The maximum absolute atomic E-state index is 14.9. The Hall–Kier alpha value is -5.31. The molecule has 0 radical (unpaired) electrons. The summed E-state index contributed by atoms with van der Waals surface area (Å²) in [6.07, 6.45) is 1.90.